The standard InChI is InChI=1S/C25H24N4O2/c1-17-6-4-9-20(16-17)23-27-24(31-28-23)19-12-14-29(15-13-19)25(30)26-22-11-5-8-18-7-2-3-10-21(18)22/h2-11,16,19H,12-15H2,1H3,(H,26,30). The molecule has 0 aliphatic carbocycles. The van der Waals surface area contributed by atoms with Crippen LogP contribution in [0.4, 0.5) is 10.5 Å². The van der Waals surface area contributed by atoms with E-state index in [0.29, 0.717) is 24.8 Å². The molecule has 1 aliphatic heterocycles. The predicted octanol–water partition coefficient (Wildman–Crippen LogP) is 5.61. The Kier molecular flexibility index (Phi) is 5.12. The van der Waals surface area contributed by atoms with E-state index in [1.807, 2.05) is 72.5 Å². The van der Waals surface area contributed by atoms with E-state index in [1.54, 1.807) is 0 Å². The van der Waals surface area contributed by atoms with Gasteiger partial charge in [0.15, 0.2) is 0 Å². The average Bonchev–Trinajstić information content (AvgIpc) is 3.30. The van der Waals surface area contributed by atoms with Crippen molar-refractivity contribution in [1.82, 2.24) is 15.0 Å². The summed E-state index contributed by atoms with van der Waals surface area (Å²) in [6.07, 6.45) is 1.61. The maximum Gasteiger partial charge on any atom is 0.321 e. The number of aryl methyl sites for hydroxylation is 1. The first-order valence-electron chi connectivity index (χ1n) is 10.6. The van der Waals surface area contributed by atoms with Gasteiger partial charge in [-0.3, -0.25) is 0 Å². The van der Waals surface area contributed by atoms with Gasteiger partial charge in [0.25, 0.3) is 0 Å². The van der Waals surface area contributed by atoms with E-state index in [0.717, 1.165) is 40.4 Å². The van der Waals surface area contributed by atoms with Gasteiger partial charge in [-0.05, 0) is 37.3 Å². The number of nitrogens with one attached hydrogen (secondary N) is 1. The Morgan fingerprint density at radius 3 is 2.65 bits per heavy atom. The zero-order valence-electron chi connectivity index (χ0n) is 17.4. The number of carbonyl (C=O) groups excluding carboxylic acids is 1. The molecule has 0 radical (unpaired) electrons. The molecule has 156 valence electrons. The van der Waals surface area contributed by atoms with Gasteiger partial charge in [0.2, 0.25) is 11.7 Å². The van der Waals surface area contributed by atoms with E-state index in [4.69, 9.17) is 4.52 Å². The summed E-state index contributed by atoms with van der Waals surface area (Å²) in [5.74, 6) is 1.45. The van der Waals surface area contributed by atoms with Crippen molar-refractivity contribution in [3.8, 4) is 11.4 Å². The summed E-state index contributed by atoms with van der Waals surface area (Å²) in [5, 5.41) is 9.39. The average molecular weight is 412 g/mol. The van der Waals surface area contributed by atoms with Gasteiger partial charge >= 0.3 is 6.03 Å². The predicted molar refractivity (Wildman–Crippen MR) is 121 cm³/mol. The van der Waals surface area contributed by atoms with Crippen molar-refractivity contribution in [3.05, 3.63) is 78.2 Å². The number of amides is 2. The second-order valence-electron chi connectivity index (χ2n) is 8.04. The molecule has 1 fully saturated rings. The molecular formula is C25H24N4O2. The lowest BCUT2D eigenvalue weighted by Crippen LogP contribution is -2.40. The fraction of sp³-hybridized carbons (Fsp3) is 0.240. The van der Waals surface area contributed by atoms with Crippen LogP contribution in [0, 0.1) is 6.92 Å². The lowest BCUT2D eigenvalue weighted by Gasteiger charge is -2.30. The lowest BCUT2D eigenvalue weighted by atomic mass is 9.97. The van der Waals surface area contributed by atoms with Gasteiger partial charge in [-0.25, -0.2) is 4.79 Å². The number of hydrogen-bond acceptors (Lipinski definition) is 4. The summed E-state index contributed by atoms with van der Waals surface area (Å²) >= 11 is 0. The number of hydrogen-bond donors (Lipinski definition) is 1. The summed E-state index contributed by atoms with van der Waals surface area (Å²) in [6, 6.07) is 22.0. The van der Waals surface area contributed by atoms with Crippen molar-refractivity contribution < 1.29 is 9.32 Å². The number of nitrogens with zero attached hydrogens (tertiary/aromatic N) is 3. The number of rotatable bonds is 3. The number of aromatic nitrogens is 2. The fourth-order valence-corrected chi connectivity index (χ4v) is 4.16. The molecule has 0 atom stereocenters. The van der Waals surface area contributed by atoms with E-state index in [-0.39, 0.29) is 11.9 Å². The number of benzene rings is 3. The number of carbonyl (C=O) groups is 1. The van der Waals surface area contributed by atoms with Crippen LogP contribution in [0.25, 0.3) is 22.2 Å². The van der Waals surface area contributed by atoms with Gasteiger partial charge in [0, 0.05) is 30.0 Å². The largest absolute Gasteiger partial charge is 0.339 e. The summed E-state index contributed by atoms with van der Waals surface area (Å²) in [5.41, 5.74) is 2.96. The molecule has 6 heteroatoms. The zero-order chi connectivity index (χ0) is 21.2. The van der Waals surface area contributed by atoms with Gasteiger partial charge in [-0.1, -0.05) is 65.3 Å². The summed E-state index contributed by atoms with van der Waals surface area (Å²) in [4.78, 5) is 19.3. The first-order chi connectivity index (χ1) is 15.2. The molecule has 6 nitrogen and oxygen atoms in total. The molecule has 2 amide bonds. The van der Waals surface area contributed by atoms with E-state index in [9.17, 15) is 4.79 Å². The molecule has 0 saturated carbocycles. The second-order valence-corrected chi connectivity index (χ2v) is 8.04. The fourth-order valence-electron chi connectivity index (χ4n) is 4.16. The highest BCUT2D eigenvalue weighted by Crippen LogP contribution is 2.29. The third kappa shape index (κ3) is 4.01. The quantitative estimate of drug-likeness (QED) is 0.475. The summed E-state index contributed by atoms with van der Waals surface area (Å²) < 4.78 is 5.56. The van der Waals surface area contributed by atoms with Crippen LogP contribution in [0.1, 0.15) is 30.2 Å². The van der Waals surface area contributed by atoms with Crippen LogP contribution in [-0.2, 0) is 0 Å². The zero-order valence-corrected chi connectivity index (χ0v) is 17.4. The van der Waals surface area contributed by atoms with E-state index < -0.39 is 0 Å². The SMILES string of the molecule is Cc1cccc(-c2noc(C3CCN(C(=O)Nc4cccc5ccccc45)CC3)n2)c1. The van der Waals surface area contributed by atoms with Crippen LogP contribution in [-0.4, -0.2) is 34.2 Å². The summed E-state index contributed by atoms with van der Waals surface area (Å²) in [7, 11) is 0. The Hall–Kier alpha value is -3.67. The van der Waals surface area contributed by atoms with Gasteiger partial charge in [0.05, 0.1) is 5.69 Å². The monoisotopic (exact) mass is 412 g/mol. The van der Waals surface area contributed by atoms with Gasteiger partial charge in [-0.15, -0.1) is 0 Å². The Balaban J connectivity index is 1.23. The molecule has 5 rings (SSSR count). The Labute approximate surface area is 180 Å². The number of piperidine rings is 1. The number of fused-ring (bicyclic) bond motifs is 1. The molecule has 3 aromatic carbocycles. The van der Waals surface area contributed by atoms with Crippen LogP contribution >= 0.6 is 0 Å². The normalized spacial score (nSPS) is 14.7. The number of anilines is 1. The van der Waals surface area contributed by atoms with Crippen LogP contribution in [0.3, 0.4) is 0 Å². The first-order valence-corrected chi connectivity index (χ1v) is 10.6. The molecule has 1 aliphatic rings. The maximum absolute atomic E-state index is 12.8. The smallest absolute Gasteiger partial charge is 0.321 e. The highest BCUT2D eigenvalue weighted by atomic mass is 16.5. The van der Waals surface area contributed by atoms with Crippen molar-refractivity contribution in [3.63, 3.8) is 0 Å². The molecule has 1 saturated heterocycles. The van der Waals surface area contributed by atoms with Gasteiger partial charge < -0.3 is 14.7 Å². The molecule has 1 N–H and O–H groups in total. The van der Waals surface area contributed by atoms with Gasteiger partial charge in [0.1, 0.15) is 0 Å². The Morgan fingerprint density at radius 2 is 1.81 bits per heavy atom. The van der Waals surface area contributed by atoms with Crippen molar-refractivity contribution in [2.75, 3.05) is 18.4 Å². The van der Waals surface area contributed by atoms with E-state index in [1.165, 1.54) is 0 Å². The maximum atomic E-state index is 12.8. The minimum atomic E-state index is -0.0687. The van der Waals surface area contributed by atoms with Crippen LogP contribution < -0.4 is 5.32 Å². The molecule has 2 heterocycles. The third-order valence-corrected chi connectivity index (χ3v) is 5.88. The molecule has 4 aromatic rings. The van der Waals surface area contributed by atoms with Crippen molar-refractivity contribution >= 4 is 22.5 Å². The summed E-state index contributed by atoms with van der Waals surface area (Å²) in [6.45, 7) is 3.36. The van der Waals surface area contributed by atoms with Crippen molar-refractivity contribution in [2.24, 2.45) is 0 Å². The molecule has 31 heavy (non-hydrogen) atoms. The van der Waals surface area contributed by atoms with Crippen LogP contribution in [0.5, 0.6) is 0 Å². The van der Waals surface area contributed by atoms with E-state index >= 15 is 0 Å². The highest BCUT2D eigenvalue weighted by Gasteiger charge is 2.28. The van der Waals surface area contributed by atoms with E-state index in [2.05, 4.69) is 21.5 Å². The molecule has 0 unspecified atom stereocenters. The Morgan fingerprint density at radius 1 is 1.03 bits per heavy atom. The Bertz CT molecular complexity index is 1220. The lowest BCUT2D eigenvalue weighted by molar-refractivity contribution is 0.187. The highest BCUT2D eigenvalue weighted by molar-refractivity contribution is 6.01. The van der Waals surface area contributed by atoms with Crippen LogP contribution in [0.2, 0.25) is 0 Å². The molecule has 1 aromatic heterocycles. The van der Waals surface area contributed by atoms with Crippen LogP contribution in [0.15, 0.2) is 71.3 Å². The number of likely N-dealkylation sites (tertiary alicyclic amines) is 1. The van der Waals surface area contributed by atoms with Gasteiger partial charge in [-0.2, -0.15) is 4.98 Å². The second kappa shape index (κ2) is 8.22. The molecular weight excluding hydrogens is 388 g/mol. The minimum Gasteiger partial charge on any atom is -0.339 e. The van der Waals surface area contributed by atoms with Crippen molar-refractivity contribution in [2.45, 2.75) is 25.7 Å². The minimum absolute atomic E-state index is 0.0687. The molecule has 0 bridgehead atoms. The van der Waals surface area contributed by atoms with Crippen molar-refractivity contribution in [1.29, 1.82) is 0 Å². The number of urea groups is 1. The third-order valence-electron chi connectivity index (χ3n) is 5.88. The molecule has 0 spiro atoms. The first kappa shape index (κ1) is 19.3. The topological polar surface area (TPSA) is 71.3 Å².